The Kier molecular flexibility index (Phi) is 17.5. The van der Waals surface area contributed by atoms with E-state index in [-0.39, 0.29) is 42.8 Å². The minimum absolute atomic E-state index is 0. The molecule has 0 saturated carbocycles. The van der Waals surface area contributed by atoms with E-state index in [0.717, 1.165) is 36.8 Å². The fourth-order valence-corrected chi connectivity index (χ4v) is 2.55. The monoisotopic (exact) mass is 392 g/mol. The molecule has 0 fully saturated rings. The Morgan fingerprint density at radius 1 is 0.769 bits per heavy atom. The van der Waals surface area contributed by atoms with Gasteiger partial charge in [0.1, 0.15) is 0 Å². The zero-order valence-electron chi connectivity index (χ0n) is 17.6. The Balaban J connectivity index is 0. The van der Waals surface area contributed by atoms with Gasteiger partial charge in [-0.25, -0.2) is 0 Å². The first-order chi connectivity index (χ1) is 11.6. The standard InChI is InChI=1S/C20H35O4P.Na/c1-17(2)9-7-11-19(5)13-15-23-25(21,22)24-16-14-20(6)12-8-10-18(3)4;/h9-10,13-14H,7-8,11-12,15-16H2,1-6H3,(H,21,22);/q;+1/p-1/b19-13+,20-14+;. The fourth-order valence-electron chi connectivity index (χ4n) is 1.96. The summed E-state index contributed by atoms with van der Waals surface area (Å²) in [5.74, 6) is 0. The molecule has 0 aromatic rings. The van der Waals surface area contributed by atoms with Gasteiger partial charge in [-0.3, -0.25) is 4.57 Å². The summed E-state index contributed by atoms with van der Waals surface area (Å²) in [5, 5.41) is 0. The second kappa shape index (κ2) is 16.1. The van der Waals surface area contributed by atoms with Crippen LogP contribution in [-0.2, 0) is 13.6 Å². The summed E-state index contributed by atoms with van der Waals surface area (Å²) >= 11 is 0. The minimum atomic E-state index is -4.25. The van der Waals surface area contributed by atoms with Gasteiger partial charge in [-0.1, -0.05) is 46.6 Å². The van der Waals surface area contributed by atoms with Crippen LogP contribution in [0.5, 0.6) is 0 Å². The SMILES string of the molecule is CC(C)=CCC/C(C)=C/COP(=O)([O-])OC/C=C(\C)CCC=C(C)C.[Na+]. The number of rotatable bonds is 12. The van der Waals surface area contributed by atoms with Crippen LogP contribution in [-0.4, -0.2) is 13.2 Å². The van der Waals surface area contributed by atoms with Crippen molar-refractivity contribution in [3.8, 4) is 0 Å². The van der Waals surface area contributed by atoms with Gasteiger partial charge in [0, 0.05) is 0 Å². The summed E-state index contributed by atoms with van der Waals surface area (Å²) in [6.07, 6.45) is 11.6. The van der Waals surface area contributed by atoms with Crippen LogP contribution in [0.2, 0.25) is 0 Å². The molecular formula is C20H34NaO4P. The molecule has 0 aliphatic rings. The minimum Gasteiger partial charge on any atom is -0.756 e. The first-order valence-electron chi connectivity index (χ1n) is 8.80. The van der Waals surface area contributed by atoms with E-state index >= 15 is 0 Å². The molecule has 4 nitrogen and oxygen atoms in total. The van der Waals surface area contributed by atoms with Crippen molar-refractivity contribution in [3.63, 3.8) is 0 Å². The third-order valence-electron chi connectivity index (χ3n) is 3.51. The average molecular weight is 392 g/mol. The van der Waals surface area contributed by atoms with Crippen molar-refractivity contribution in [2.75, 3.05) is 13.2 Å². The van der Waals surface area contributed by atoms with E-state index in [0.29, 0.717) is 0 Å². The summed E-state index contributed by atoms with van der Waals surface area (Å²) in [5.41, 5.74) is 4.77. The molecule has 0 aliphatic carbocycles. The van der Waals surface area contributed by atoms with E-state index in [2.05, 4.69) is 39.8 Å². The Hall–Kier alpha value is 0.0700. The fraction of sp³-hybridized carbons (Fsp3) is 0.600. The Morgan fingerprint density at radius 3 is 1.42 bits per heavy atom. The van der Waals surface area contributed by atoms with Crippen LogP contribution in [0.25, 0.3) is 0 Å². The molecule has 0 spiro atoms. The van der Waals surface area contributed by atoms with Gasteiger partial charge in [0.15, 0.2) is 0 Å². The van der Waals surface area contributed by atoms with Gasteiger partial charge in [0.05, 0.1) is 13.2 Å². The van der Waals surface area contributed by atoms with E-state index < -0.39 is 7.82 Å². The van der Waals surface area contributed by atoms with Crippen LogP contribution in [0.1, 0.15) is 67.2 Å². The van der Waals surface area contributed by atoms with E-state index in [9.17, 15) is 9.46 Å². The van der Waals surface area contributed by atoms with Crippen LogP contribution in [0.3, 0.4) is 0 Å². The molecule has 26 heavy (non-hydrogen) atoms. The first-order valence-corrected chi connectivity index (χ1v) is 10.3. The molecule has 0 radical (unpaired) electrons. The molecular weight excluding hydrogens is 358 g/mol. The quantitative estimate of drug-likeness (QED) is 0.291. The molecule has 6 heteroatoms. The van der Waals surface area contributed by atoms with E-state index in [4.69, 9.17) is 9.05 Å². The van der Waals surface area contributed by atoms with Crippen molar-refractivity contribution >= 4 is 7.82 Å². The molecule has 0 aliphatic heterocycles. The van der Waals surface area contributed by atoms with Crippen LogP contribution in [0, 0.1) is 0 Å². The van der Waals surface area contributed by atoms with Gasteiger partial charge in [0.2, 0.25) is 0 Å². The molecule has 0 unspecified atom stereocenters. The number of phosphoric ester groups is 1. The van der Waals surface area contributed by atoms with Gasteiger partial charge in [-0.15, -0.1) is 0 Å². The zero-order chi connectivity index (χ0) is 19.3. The molecule has 144 valence electrons. The summed E-state index contributed by atoms with van der Waals surface area (Å²) in [6, 6.07) is 0. The molecule has 0 N–H and O–H groups in total. The topological polar surface area (TPSA) is 58.6 Å². The molecule has 0 heterocycles. The van der Waals surface area contributed by atoms with Crippen LogP contribution in [0.4, 0.5) is 0 Å². The summed E-state index contributed by atoms with van der Waals surface area (Å²) in [4.78, 5) is 11.7. The van der Waals surface area contributed by atoms with Gasteiger partial charge < -0.3 is 13.9 Å². The number of allylic oxidation sites excluding steroid dienone is 6. The zero-order valence-corrected chi connectivity index (χ0v) is 20.5. The Morgan fingerprint density at radius 2 is 1.12 bits per heavy atom. The maximum absolute atomic E-state index is 11.7. The molecule has 0 rings (SSSR count). The second-order valence-electron chi connectivity index (χ2n) is 6.78. The second-order valence-corrected chi connectivity index (χ2v) is 8.19. The van der Waals surface area contributed by atoms with Crippen molar-refractivity contribution in [3.05, 3.63) is 46.6 Å². The largest absolute Gasteiger partial charge is 1.00 e. The molecule has 0 aromatic heterocycles. The summed E-state index contributed by atoms with van der Waals surface area (Å²) in [6.45, 7) is 12.2. The Bertz CT molecular complexity index is 508. The number of phosphoric acid groups is 1. The van der Waals surface area contributed by atoms with Crippen LogP contribution >= 0.6 is 7.82 Å². The maximum Gasteiger partial charge on any atom is 1.00 e. The van der Waals surface area contributed by atoms with E-state index in [1.54, 1.807) is 12.2 Å². The number of hydrogen-bond donors (Lipinski definition) is 0. The predicted molar refractivity (Wildman–Crippen MR) is 104 cm³/mol. The van der Waals surface area contributed by atoms with Gasteiger partial charge in [-0.05, 0) is 67.2 Å². The summed E-state index contributed by atoms with van der Waals surface area (Å²) < 4.78 is 21.4. The van der Waals surface area contributed by atoms with Crippen molar-refractivity contribution < 1.29 is 48.1 Å². The maximum atomic E-state index is 11.7. The van der Waals surface area contributed by atoms with Gasteiger partial charge >= 0.3 is 29.6 Å². The number of hydrogen-bond acceptors (Lipinski definition) is 4. The van der Waals surface area contributed by atoms with Gasteiger partial charge in [-0.2, -0.15) is 0 Å². The van der Waals surface area contributed by atoms with Gasteiger partial charge in [0.25, 0.3) is 7.82 Å². The smallest absolute Gasteiger partial charge is 0.756 e. The summed E-state index contributed by atoms with van der Waals surface area (Å²) in [7, 11) is -4.25. The molecule has 0 saturated heterocycles. The van der Waals surface area contributed by atoms with Crippen LogP contribution < -0.4 is 34.5 Å². The molecule has 0 aromatic carbocycles. The normalized spacial score (nSPS) is 14.3. The molecule has 0 amide bonds. The van der Waals surface area contributed by atoms with Crippen molar-refractivity contribution in [2.24, 2.45) is 0 Å². The van der Waals surface area contributed by atoms with Crippen molar-refractivity contribution in [1.82, 2.24) is 0 Å². The van der Waals surface area contributed by atoms with E-state index in [1.165, 1.54) is 11.1 Å². The van der Waals surface area contributed by atoms with Crippen LogP contribution in [0.15, 0.2) is 46.6 Å². The Labute approximate surface area is 182 Å². The van der Waals surface area contributed by atoms with Crippen molar-refractivity contribution in [1.29, 1.82) is 0 Å². The third-order valence-corrected chi connectivity index (χ3v) is 4.44. The predicted octanol–water partition coefficient (Wildman–Crippen LogP) is 2.88. The first kappa shape index (κ1) is 28.3. The molecule has 0 bridgehead atoms. The molecule has 0 atom stereocenters. The van der Waals surface area contributed by atoms with E-state index in [1.807, 2.05) is 13.8 Å². The van der Waals surface area contributed by atoms with Crippen molar-refractivity contribution in [2.45, 2.75) is 67.2 Å². The average Bonchev–Trinajstić information content (AvgIpc) is 2.45. The third kappa shape index (κ3) is 18.8.